The average Bonchev–Trinajstić information content (AvgIpc) is 3.10. The van der Waals surface area contributed by atoms with Crippen LogP contribution in [-0.2, 0) is 27.5 Å². The molecule has 1 unspecified atom stereocenters. The van der Waals surface area contributed by atoms with Crippen LogP contribution in [0.2, 0.25) is 5.02 Å². The zero-order valence-corrected chi connectivity index (χ0v) is 18.5. The second-order valence-electron chi connectivity index (χ2n) is 8.21. The summed E-state index contributed by atoms with van der Waals surface area (Å²) in [6.07, 6.45) is 0.587. The summed E-state index contributed by atoms with van der Waals surface area (Å²) in [6, 6.07) is 10.3. The lowest BCUT2D eigenvalue weighted by molar-refractivity contribution is -0.133. The van der Waals surface area contributed by atoms with Gasteiger partial charge in [-0.1, -0.05) is 29.8 Å². The summed E-state index contributed by atoms with van der Waals surface area (Å²) in [5.41, 5.74) is 3.93. The van der Waals surface area contributed by atoms with E-state index in [1.165, 1.54) is 0 Å². The Bertz CT molecular complexity index is 1110. The van der Waals surface area contributed by atoms with Crippen LogP contribution in [0.3, 0.4) is 0 Å². The molecule has 0 saturated heterocycles. The van der Waals surface area contributed by atoms with Crippen molar-refractivity contribution in [1.82, 2.24) is 10.2 Å². The molecule has 0 radical (unpaired) electrons. The van der Waals surface area contributed by atoms with E-state index in [-0.39, 0.29) is 42.9 Å². The van der Waals surface area contributed by atoms with E-state index in [1.54, 1.807) is 23.1 Å². The topological polar surface area (TPSA) is 95.6 Å². The van der Waals surface area contributed by atoms with Crippen LogP contribution in [0.25, 0.3) is 0 Å². The Morgan fingerprint density at radius 1 is 1.19 bits per heavy atom. The maximum Gasteiger partial charge on any atom is 0.255 e. The van der Waals surface area contributed by atoms with Crippen LogP contribution >= 0.6 is 11.6 Å². The second-order valence-corrected chi connectivity index (χ2v) is 8.61. The number of halogens is 1. The van der Waals surface area contributed by atoms with Gasteiger partial charge in [-0.05, 0) is 48.2 Å². The van der Waals surface area contributed by atoms with Crippen molar-refractivity contribution in [1.29, 1.82) is 0 Å². The van der Waals surface area contributed by atoms with Crippen molar-refractivity contribution in [3.05, 3.63) is 63.7 Å². The minimum atomic E-state index is -0.555. The van der Waals surface area contributed by atoms with Crippen LogP contribution in [0.5, 0.6) is 0 Å². The zero-order chi connectivity index (χ0) is 22.8. The molecule has 2 amide bonds. The van der Waals surface area contributed by atoms with Gasteiger partial charge in [-0.25, -0.2) is 0 Å². The fourth-order valence-corrected chi connectivity index (χ4v) is 4.35. The summed E-state index contributed by atoms with van der Waals surface area (Å²) in [4.78, 5) is 50.7. The number of aryl methyl sites for hydroxylation is 1. The van der Waals surface area contributed by atoms with Crippen LogP contribution in [0.15, 0.2) is 36.4 Å². The fourth-order valence-electron chi connectivity index (χ4n) is 4.17. The van der Waals surface area contributed by atoms with Gasteiger partial charge < -0.3 is 15.5 Å². The molecule has 1 aliphatic heterocycles. The van der Waals surface area contributed by atoms with Gasteiger partial charge in [0.15, 0.2) is 5.78 Å². The SMILES string of the molecule is Cc1ccc(NCC(=O)NCc2cccc3c2CN(C2CCC(=O)CC2=O)C3=O)cc1Cl. The highest BCUT2D eigenvalue weighted by Crippen LogP contribution is 2.31. The first-order chi connectivity index (χ1) is 15.3. The van der Waals surface area contributed by atoms with E-state index in [0.29, 0.717) is 30.0 Å². The molecule has 166 valence electrons. The van der Waals surface area contributed by atoms with Crippen molar-refractivity contribution in [2.45, 2.75) is 45.3 Å². The van der Waals surface area contributed by atoms with Crippen molar-refractivity contribution >= 4 is 40.7 Å². The van der Waals surface area contributed by atoms with Gasteiger partial charge >= 0.3 is 0 Å². The van der Waals surface area contributed by atoms with Crippen molar-refractivity contribution < 1.29 is 19.2 Å². The maximum absolute atomic E-state index is 12.9. The van der Waals surface area contributed by atoms with Crippen LogP contribution in [0.4, 0.5) is 5.69 Å². The van der Waals surface area contributed by atoms with Crippen molar-refractivity contribution in [3.63, 3.8) is 0 Å². The van der Waals surface area contributed by atoms with Crippen LogP contribution in [0, 0.1) is 6.92 Å². The molecule has 32 heavy (non-hydrogen) atoms. The van der Waals surface area contributed by atoms with Gasteiger partial charge in [-0.15, -0.1) is 0 Å². The summed E-state index contributed by atoms with van der Waals surface area (Å²) in [6.45, 7) is 2.58. The van der Waals surface area contributed by atoms with E-state index in [0.717, 1.165) is 22.4 Å². The predicted octanol–water partition coefficient (Wildman–Crippen LogP) is 3.02. The number of hydrogen-bond donors (Lipinski definition) is 2. The summed E-state index contributed by atoms with van der Waals surface area (Å²) in [5, 5.41) is 6.55. The molecule has 7 nitrogen and oxygen atoms in total. The second kappa shape index (κ2) is 9.12. The summed E-state index contributed by atoms with van der Waals surface area (Å²) in [5.74, 6) is -0.653. The molecule has 2 N–H and O–H groups in total. The number of carbonyl (C=O) groups is 4. The Hall–Kier alpha value is -3.19. The van der Waals surface area contributed by atoms with E-state index in [1.807, 2.05) is 25.1 Å². The minimum Gasteiger partial charge on any atom is -0.376 e. The lowest BCUT2D eigenvalue weighted by Gasteiger charge is -2.29. The Kier molecular flexibility index (Phi) is 6.28. The molecule has 2 aromatic rings. The van der Waals surface area contributed by atoms with E-state index in [9.17, 15) is 19.2 Å². The number of Topliss-reactive ketones (excluding diaryl/α,β-unsaturated/α-hetero) is 2. The average molecular weight is 454 g/mol. The first-order valence-electron chi connectivity index (χ1n) is 10.6. The Balaban J connectivity index is 1.38. The summed E-state index contributed by atoms with van der Waals surface area (Å²) >= 11 is 6.11. The number of benzene rings is 2. The zero-order valence-electron chi connectivity index (χ0n) is 17.7. The Morgan fingerprint density at radius 2 is 2.00 bits per heavy atom. The quantitative estimate of drug-likeness (QED) is 0.655. The third kappa shape index (κ3) is 4.53. The minimum absolute atomic E-state index is 0.0691. The standard InChI is InChI=1S/C24H24ClN3O4/c1-14-5-6-16(9-20(14)25)26-12-23(31)27-11-15-3-2-4-18-19(15)13-28(24(18)32)21-8-7-17(29)10-22(21)30/h2-6,9,21,26H,7-8,10-13H2,1H3,(H,27,31). The van der Waals surface area contributed by atoms with E-state index < -0.39 is 6.04 Å². The summed E-state index contributed by atoms with van der Waals surface area (Å²) < 4.78 is 0. The lowest BCUT2D eigenvalue weighted by atomic mass is 9.92. The molecule has 2 aromatic carbocycles. The maximum atomic E-state index is 12.9. The van der Waals surface area contributed by atoms with E-state index in [4.69, 9.17) is 11.6 Å². The third-order valence-corrected chi connectivity index (χ3v) is 6.42. The molecule has 1 atom stereocenters. The number of anilines is 1. The number of carbonyl (C=O) groups excluding carboxylic acids is 4. The largest absolute Gasteiger partial charge is 0.376 e. The number of hydrogen-bond acceptors (Lipinski definition) is 5. The number of rotatable bonds is 6. The number of fused-ring (bicyclic) bond motifs is 1. The molecule has 0 aromatic heterocycles. The fraction of sp³-hybridized carbons (Fsp3) is 0.333. The van der Waals surface area contributed by atoms with Gasteiger partial charge in [0.1, 0.15) is 5.78 Å². The van der Waals surface area contributed by atoms with Gasteiger partial charge in [0, 0.05) is 35.8 Å². The number of ketones is 2. The van der Waals surface area contributed by atoms with Crippen LogP contribution < -0.4 is 10.6 Å². The molecule has 0 spiro atoms. The van der Waals surface area contributed by atoms with Gasteiger partial charge in [0.25, 0.3) is 5.91 Å². The molecule has 0 bridgehead atoms. The first-order valence-corrected chi connectivity index (χ1v) is 10.9. The van der Waals surface area contributed by atoms with Gasteiger partial charge in [-0.2, -0.15) is 0 Å². The van der Waals surface area contributed by atoms with Crippen molar-refractivity contribution in [2.75, 3.05) is 11.9 Å². The number of amides is 2. The van der Waals surface area contributed by atoms with Crippen molar-refractivity contribution in [2.24, 2.45) is 0 Å². The monoisotopic (exact) mass is 453 g/mol. The molecule has 1 saturated carbocycles. The van der Waals surface area contributed by atoms with Gasteiger partial charge in [-0.3, -0.25) is 19.2 Å². The lowest BCUT2D eigenvalue weighted by Crippen LogP contribution is -2.44. The molecule has 1 heterocycles. The molecule has 4 rings (SSSR count). The highest BCUT2D eigenvalue weighted by Gasteiger charge is 2.39. The van der Waals surface area contributed by atoms with E-state index in [2.05, 4.69) is 10.6 Å². The van der Waals surface area contributed by atoms with Crippen molar-refractivity contribution in [3.8, 4) is 0 Å². The van der Waals surface area contributed by atoms with Gasteiger partial charge in [0.05, 0.1) is 19.0 Å². The van der Waals surface area contributed by atoms with Crippen LogP contribution in [-0.4, -0.2) is 40.9 Å². The first kappa shape index (κ1) is 22.0. The highest BCUT2D eigenvalue weighted by molar-refractivity contribution is 6.31. The smallest absolute Gasteiger partial charge is 0.255 e. The van der Waals surface area contributed by atoms with Crippen LogP contribution in [0.1, 0.15) is 46.3 Å². The molecule has 1 fully saturated rings. The van der Waals surface area contributed by atoms with E-state index >= 15 is 0 Å². The Morgan fingerprint density at radius 3 is 2.75 bits per heavy atom. The summed E-state index contributed by atoms with van der Waals surface area (Å²) in [7, 11) is 0. The normalized spacial score (nSPS) is 18.0. The number of nitrogens with one attached hydrogen (secondary N) is 2. The molecule has 1 aliphatic carbocycles. The highest BCUT2D eigenvalue weighted by atomic mass is 35.5. The third-order valence-electron chi connectivity index (χ3n) is 6.01. The molecule has 2 aliphatic rings. The predicted molar refractivity (Wildman–Crippen MR) is 120 cm³/mol. The molecular weight excluding hydrogens is 430 g/mol. The molecular formula is C24H24ClN3O4. The molecule has 8 heteroatoms. The number of nitrogens with zero attached hydrogens (tertiary/aromatic N) is 1. The van der Waals surface area contributed by atoms with Gasteiger partial charge in [0.2, 0.25) is 5.91 Å². The Labute approximate surface area is 191 Å².